The lowest BCUT2D eigenvalue weighted by atomic mass is 10.3. The molecule has 0 unspecified atom stereocenters. The van der Waals surface area contributed by atoms with E-state index in [9.17, 15) is 26.3 Å². The number of rotatable bonds is 0. The van der Waals surface area contributed by atoms with Crippen LogP contribution in [0, 0.1) is 6.57 Å². The Hall–Kier alpha value is -1.19. The average molecular weight is 190 g/mol. The van der Waals surface area contributed by atoms with Gasteiger partial charge in [-0.25, -0.2) is 0 Å². The van der Waals surface area contributed by atoms with Crippen molar-refractivity contribution in [1.82, 2.24) is 0 Å². The smallest absolute Gasteiger partial charge is 0.166 e. The van der Waals surface area contributed by atoms with Gasteiger partial charge in [0.2, 0.25) is 5.57 Å². The summed E-state index contributed by atoms with van der Waals surface area (Å²) in [5, 5.41) is 0. The van der Waals surface area contributed by atoms with Gasteiger partial charge in [0, 0.05) is 0 Å². The van der Waals surface area contributed by atoms with E-state index in [4.69, 9.17) is 0 Å². The summed E-state index contributed by atoms with van der Waals surface area (Å²) in [5.41, 5.74) is -2.72. The molecule has 0 heterocycles. The fraction of sp³-hybridized carbons (Fsp3) is 0.400. The predicted octanol–water partition coefficient (Wildman–Crippen LogP) is 2.96. The highest BCUT2D eigenvalue weighted by Gasteiger charge is 2.53. The Kier molecular flexibility index (Phi) is 2.74. The second-order valence-corrected chi connectivity index (χ2v) is 1.69. The lowest BCUT2D eigenvalue weighted by Gasteiger charge is -2.10. The summed E-state index contributed by atoms with van der Waals surface area (Å²) in [6, 6.07) is 0. The third-order valence-corrected chi connectivity index (χ3v) is 0.814. The molecule has 0 amide bonds. The molecule has 0 aromatic rings. The molecule has 1 nitrogen and oxygen atoms in total. The number of halogens is 6. The van der Waals surface area contributed by atoms with Crippen LogP contribution in [0.2, 0.25) is 0 Å². The van der Waals surface area contributed by atoms with Crippen LogP contribution in [0.5, 0.6) is 0 Å². The molecule has 0 bridgehead atoms. The van der Waals surface area contributed by atoms with E-state index in [1.54, 1.807) is 0 Å². The van der Waals surface area contributed by atoms with E-state index < -0.39 is 24.1 Å². The number of allylic oxidation sites excluding steroid dienone is 1. The molecular weight excluding hydrogens is 188 g/mol. The largest absolute Gasteiger partial charge is 0.428 e. The highest BCUT2D eigenvalue weighted by atomic mass is 19.4. The minimum absolute atomic E-state index is 0.472. The van der Waals surface area contributed by atoms with Gasteiger partial charge in [0.15, 0.2) is 0 Å². The molecule has 0 rings (SSSR count). The zero-order chi connectivity index (χ0) is 9.99. The summed E-state index contributed by atoms with van der Waals surface area (Å²) in [6.45, 7) is 4.17. The van der Waals surface area contributed by atoms with Gasteiger partial charge in [-0.3, -0.25) is 0 Å². The molecule has 0 aliphatic rings. The van der Waals surface area contributed by atoms with E-state index in [2.05, 4.69) is 11.4 Å². The van der Waals surface area contributed by atoms with E-state index in [0.29, 0.717) is 0 Å². The van der Waals surface area contributed by atoms with Crippen LogP contribution in [0.1, 0.15) is 0 Å². The minimum Gasteiger partial charge on any atom is -0.166 e. The average Bonchev–Trinajstić information content (AvgIpc) is 1.77. The van der Waals surface area contributed by atoms with Crippen molar-refractivity contribution in [3.63, 3.8) is 0 Å². The molecule has 0 aliphatic heterocycles. The lowest BCUT2D eigenvalue weighted by molar-refractivity contribution is -0.171. The third kappa shape index (κ3) is 2.82. The number of nitrogens with zero attached hydrogens (tertiary/aromatic N) is 1. The van der Waals surface area contributed by atoms with E-state index in [1.807, 2.05) is 0 Å². The summed E-state index contributed by atoms with van der Waals surface area (Å²) in [7, 11) is 0. The van der Waals surface area contributed by atoms with Gasteiger partial charge in [0.1, 0.15) is 0 Å². The fourth-order valence-electron chi connectivity index (χ4n) is 0.382. The van der Waals surface area contributed by atoms with E-state index in [1.165, 1.54) is 0 Å². The first-order chi connectivity index (χ1) is 5.19. The minimum atomic E-state index is -5.48. The highest BCUT2D eigenvalue weighted by molar-refractivity contribution is 5.18. The first-order valence-corrected chi connectivity index (χ1v) is 2.44. The highest BCUT2D eigenvalue weighted by Crippen LogP contribution is 2.38. The molecule has 0 aromatic carbocycles. The molecule has 0 aromatic heterocycles. The zero-order valence-corrected chi connectivity index (χ0v) is 5.37. The second kappa shape index (κ2) is 3.05. The summed E-state index contributed by atoms with van der Waals surface area (Å²) < 4.78 is 69.0. The van der Waals surface area contributed by atoms with Gasteiger partial charge < -0.3 is 0 Å². The maximum Gasteiger partial charge on any atom is 0.428 e. The number of hydrogen-bond acceptors (Lipinski definition) is 0. The van der Waals surface area contributed by atoms with Gasteiger partial charge in [0.25, 0.3) is 6.57 Å². The van der Waals surface area contributed by atoms with Crippen LogP contribution < -0.4 is 0 Å². The normalized spacial score (nSPS) is 12.1. The molecule has 12 heavy (non-hydrogen) atoms. The Morgan fingerprint density at radius 2 is 1.33 bits per heavy atom. The maximum atomic E-state index is 11.5. The Morgan fingerprint density at radius 1 is 1.00 bits per heavy atom. The molecule has 68 valence electrons. The van der Waals surface area contributed by atoms with Gasteiger partial charge >= 0.3 is 18.6 Å². The zero-order valence-electron chi connectivity index (χ0n) is 5.37. The SMILES string of the molecule is C#[N+]C=C(C(F)(F)F)C(F)(F)F. The van der Waals surface area contributed by atoms with Crippen LogP contribution in [-0.2, 0) is 0 Å². The van der Waals surface area contributed by atoms with Gasteiger partial charge in [0.05, 0.1) is 0 Å². The quantitative estimate of drug-likeness (QED) is 0.517. The molecule has 7 heteroatoms. The van der Waals surface area contributed by atoms with Crippen molar-refractivity contribution in [2.24, 2.45) is 0 Å². The van der Waals surface area contributed by atoms with E-state index in [-0.39, 0.29) is 0 Å². The predicted molar refractivity (Wildman–Crippen MR) is 28.5 cm³/mol. The summed E-state index contributed by atoms with van der Waals surface area (Å²) >= 11 is 0. The first-order valence-electron chi connectivity index (χ1n) is 2.44. The third-order valence-electron chi connectivity index (χ3n) is 0.814. The summed E-state index contributed by atoms with van der Waals surface area (Å²) in [5.74, 6) is 0. The van der Waals surface area contributed by atoms with Crippen LogP contribution in [0.3, 0.4) is 0 Å². The summed E-state index contributed by atoms with van der Waals surface area (Å²) in [4.78, 5) is 2.17. The fourth-order valence-corrected chi connectivity index (χ4v) is 0.382. The Bertz CT molecular complexity index is 210. The van der Waals surface area contributed by atoms with Crippen molar-refractivity contribution in [2.75, 3.05) is 0 Å². The first kappa shape index (κ1) is 10.8. The molecule has 0 spiro atoms. The monoisotopic (exact) mass is 190 g/mol. The molecule has 0 N–H and O–H groups in total. The Morgan fingerprint density at radius 3 is 1.42 bits per heavy atom. The van der Waals surface area contributed by atoms with Crippen molar-refractivity contribution >= 4 is 0 Å². The van der Waals surface area contributed by atoms with Gasteiger partial charge in [-0.05, 0) is 4.85 Å². The molecule has 0 aliphatic carbocycles. The Labute approximate surface area is 63.1 Å². The number of alkyl halides is 6. The number of hydrogen-bond donors (Lipinski definition) is 0. The van der Waals surface area contributed by atoms with Crippen LogP contribution >= 0.6 is 0 Å². The van der Waals surface area contributed by atoms with Crippen LogP contribution in [-0.4, -0.2) is 12.4 Å². The molecule has 0 atom stereocenters. The van der Waals surface area contributed by atoms with Crippen LogP contribution in [0.4, 0.5) is 26.3 Å². The van der Waals surface area contributed by atoms with Gasteiger partial charge in [-0.1, -0.05) is 0 Å². The lowest BCUT2D eigenvalue weighted by Crippen LogP contribution is -2.25. The standard InChI is InChI=1S/C5H2F6N/c1-12-2-3(4(6,7)8)5(9,10)11/h1-2H/q+1. The van der Waals surface area contributed by atoms with E-state index >= 15 is 0 Å². The van der Waals surface area contributed by atoms with Gasteiger partial charge in [-0.2, -0.15) is 26.3 Å². The Balaban J connectivity index is 5.00. The maximum absolute atomic E-state index is 11.5. The molecule has 0 radical (unpaired) electrons. The van der Waals surface area contributed by atoms with Crippen LogP contribution in [0.25, 0.3) is 4.85 Å². The van der Waals surface area contributed by atoms with Crippen molar-refractivity contribution in [3.05, 3.63) is 16.6 Å². The summed E-state index contributed by atoms with van der Waals surface area (Å²) in [6.07, 6.45) is -11.4. The molecule has 0 fully saturated rings. The van der Waals surface area contributed by atoms with Crippen molar-refractivity contribution < 1.29 is 26.3 Å². The topological polar surface area (TPSA) is 4.36 Å². The van der Waals surface area contributed by atoms with Crippen molar-refractivity contribution in [2.45, 2.75) is 12.4 Å². The van der Waals surface area contributed by atoms with Gasteiger partial charge in [-0.15, -0.1) is 0 Å². The van der Waals surface area contributed by atoms with Crippen LogP contribution in [0.15, 0.2) is 11.8 Å². The molecular formula is C5H2F6N+. The van der Waals surface area contributed by atoms with Crippen molar-refractivity contribution in [1.29, 1.82) is 0 Å². The molecule has 0 saturated carbocycles. The second-order valence-electron chi connectivity index (χ2n) is 1.69. The molecule has 0 saturated heterocycles. The van der Waals surface area contributed by atoms with Crippen molar-refractivity contribution in [3.8, 4) is 6.57 Å². The van der Waals surface area contributed by atoms with E-state index in [0.717, 1.165) is 0 Å².